The normalized spacial score (nSPS) is 21.6. The number of aromatic nitrogens is 3. The van der Waals surface area contributed by atoms with Crippen LogP contribution in [0, 0.1) is 0 Å². The van der Waals surface area contributed by atoms with E-state index in [1.807, 2.05) is 36.4 Å². The monoisotopic (exact) mass is 597 g/mol. The second-order valence-corrected chi connectivity index (χ2v) is 11.1. The Labute approximate surface area is 239 Å². The van der Waals surface area contributed by atoms with Crippen LogP contribution in [0.25, 0.3) is 10.8 Å². The van der Waals surface area contributed by atoms with Gasteiger partial charge in [0.05, 0.1) is 6.61 Å². The van der Waals surface area contributed by atoms with E-state index in [-0.39, 0.29) is 18.2 Å². The third-order valence-electron chi connectivity index (χ3n) is 6.36. The zero-order chi connectivity index (χ0) is 29.7. The quantitative estimate of drug-likeness (QED) is 0.136. The number of carbonyl (C=O) groups excluding carboxylic acids is 2. The Balaban J connectivity index is 1.29. The first-order valence-corrected chi connectivity index (χ1v) is 14.4. The van der Waals surface area contributed by atoms with Gasteiger partial charge >= 0.3 is 13.7 Å². The van der Waals surface area contributed by atoms with Crippen molar-refractivity contribution in [2.45, 2.75) is 31.1 Å². The molecule has 4 aromatic rings. The van der Waals surface area contributed by atoms with Crippen LogP contribution < -0.4 is 15.3 Å². The maximum Gasteiger partial charge on any atom is 0.459 e. The van der Waals surface area contributed by atoms with E-state index < -0.39 is 57.3 Å². The molecule has 1 aliphatic heterocycles. The maximum atomic E-state index is 13.9. The largest absolute Gasteiger partial charge is 0.460 e. The molecule has 220 valence electrons. The van der Waals surface area contributed by atoms with E-state index in [1.54, 1.807) is 36.4 Å². The maximum absolute atomic E-state index is 13.9. The summed E-state index contributed by atoms with van der Waals surface area (Å²) < 4.78 is 37.4. The molecule has 5 rings (SSSR count). The molecule has 1 aliphatic rings. The predicted molar refractivity (Wildman–Crippen MR) is 147 cm³/mol. The average Bonchev–Trinajstić information content (AvgIpc) is 3.60. The fourth-order valence-corrected chi connectivity index (χ4v) is 5.52. The number of ether oxygens (including phenoxy) is 2. The highest BCUT2D eigenvalue weighted by Crippen LogP contribution is 2.47. The van der Waals surface area contributed by atoms with Gasteiger partial charge in [-0.15, -0.1) is 5.10 Å². The number of aliphatic hydroxyl groups excluding tert-OH is 2. The first-order valence-electron chi connectivity index (χ1n) is 12.8. The highest BCUT2D eigenvalue weighted by molar-refractivity contribution is 7.52. The molecule has 1 amide bonds. The number of benzene rings is 3. The van der Waals surface area contributed by atoms with Crippen molar-refractivity contribution in [3.05, 3.63) is 90.5 Å². The third-order valence-corrected chi connectivity index (χ3v) is 7.83. The molecular formula is C27H28N5O9P. The lowest BCUT2D eigenvalue weighted by Crippen LogP contribution is -2.34. The van der Waals surface area contributed by atoms with E-state index >= 15 is 0 Å². The zero-order valence-electron chi connectivity index (χ0n) is 22.1. The number of amides is 1. The minimum Gasteiger partial charge on any atom is -0.460 e. The second-order valence-electron chi connectivity index (χ2n) is 9.30. The standard InChI is InChI=1S/C27H28N5O9P/c28-25(36)26-29-16-32(31-26)27-24(35)23(34)21(40-27)15-39-42(37,30-13-22(33)38-14-17-7-2-1-3-8-17)41-20-12-6-10-18-9-4-5-11-19(18)20/h1-12,16,21,23-24,27,34-35H,13-15H2,(H2,28,36)(H,30,37)/t21-,23-,24-,27-,42?/m1/s1. The van der Waals surface area contributed by atoms with Crippen molar-refractivity contribution in [3.63, 3.8) is 0 Å². The van der Waals surface area contributed by atoms with Crippen molar-refractivity contribution in [1.82, 2.24) is 19.9 Å². The number of carbonyl (C=O) groups is 2. The molecule has 0 bridgehead atoms. The Morgan fingerprint density at radius 2 is 1.76 bits per heavy atom. The van der Waals surface area contributed by atoms with E-state index in [0.29, 0.717) is 5.39 Å². The van der Waals surface area contributed by atoms with Crippen molar-refractivity contribution in [1.29, 1.82) is 0 Å². The summed E-state index contributed by atoms with van der Waals surface area (Å²) in [5.74, 6) is -1.69. The molecule has 1 saturated heterocycles. The predicted octanol–water partition coefficient (Wildman–Crippen LogP) is 1.69. The van der Waals surface area contributed by atoms with Gasteiger partial charge in [0.15, 0.2) is 6.23 Å². The van der Waals surface area contributed by atoms with Gasteiger partial charge in [-0.2, -0.15) is 0 Å². The Morgan fingerprint density at radius 3 is 2.52 bits per heavy atom. The van der Waals surface area contributed by atoms with Crippen molar-refractivity contribution < 1.29 is 42.9 Å². The number of hydrogen-bond donors (Lipinski definition) is 4. The smallest absolute Gasteiger partial charge is 0.459 e. The lowest BCUT2D eigenvalue weighted by Gasteiger charge is -2.23. The van der Waals surface area contributed by atoms with Gasteiger partial charge in [-0.05, 0) is 17.0 Å². The fourth-order valence-electron chi connectivity index (χ4n) is 4.23. The average molecular weight is 598 g/mol. The van der Waals surface area contributed by atoms with Crippen LogP contribution in [0.3, 0.4) is 0 Å². The van der Waals surface area contributed by atoms with Gasteiger partial charge in [0.25, 0.3) is 5.91 Å². The van der Waals surface area contributed by atoms with E-state index in [2.05, 4.69) is 15.2 Å². The molecule has 2 heterocycles. The number of nitrogens with one attached hydrogen (secondary N) is 1. The molecule has 5 atom stereocenters. The van der Waals surface area contributed by atoms with E-state index in [1.165, 1.54) is 0 Å². The van der Waals surface area contributed by atoms with Gasteiger partial charge in [0, 0.05) is 5.39 Å². The van der Waals surface area contributed by atoms with E-state index in [4.69, 9.17) is 24.3 Å². The summed E-state index contributed by atoms with van der Waals surface area (Å²) in [6, 6.07) is 21.4. The molecule has 0 saturated carbocycles. The van der Waals surface area contributed by atoms with Gasteiger partial charge in [0.2, 0.25) is 5.82 Å². The minimum absolute atomic E-state index is 0.0117. The number of rotatable bonds is 12. The highest BCUT2D eigenvalue weighted by Gasteiger charge is 2.46. The molecule has 1 aromatic heterocycles. The SMILES string of the molecule is NC(=O)c1ncn([C@@H]2O[C@H](COP(=O)(NCC(=O)OCc3ccccc3)Oc3cccc4ccccc34)[C@@H](O)[C@H]2O)n1. The van der Waals surface area contributed by atoms with Crippen molar-refractivity contribution in [2.75, 3.05) is 13.2 Å². The highest BCUT2D eigenvalue weighted by atomic mass is 31.2. The van der Waals surface area contributed by atoms with Crippen LogP contribution in [0.1, 0.15) is 22.4 Å². The summed E-state index contributed by atoms with van der Waals surface area (Å²) in [5.41, 5.74) is 5.94. The fraction of sp³-hybridized carbons (Fsp3) is 0.259. The molecule has 15 heteroatoms. The third kappa shape index (κ3) is 6.82. The number of hydrogen-bond acceptors (Lipinski definition) is 11. The summed E-state index contributed by atoms with van der Waals surface area (Å²) in [6.07, 6.45) is -4.34. The van der Waals surface area contributed by atoms with Crippen LogP contribution in [-0.4, -0.2) is 68.3 Å². The van der Waals surface area contributed by atoms with Crippen LogP contribution in [-0.2, 0) is 30.0 Å². The number of nitrogens with zero attached hydrogens (tertiary/aromatic N) is 3. The summed E-state index contributed by atoms with van der Waals surface area (Å²) in [7, 11) is -4.31. The Kier molecular flexibility index (Phi) is 8.92. The van der Waals surface area contributed by atoms with Crippen LogP contribution in [0.4, 0.5) is 0 Å². The van der Waals surface area contributed by atoms with E-state index in [9.17, 15) is 24.4 Å². The van der Waals surface area contributed by atoms with Crippen molar-refractivity contribution in [3.8, 4) is 5.75 Å². The molecule has 0 spiro atoms. The molecular weight excluding hydrogens is 569 g/mol. The number of aliphatic hydroxyl groups is 2. The molecule has 1 fully saturated rings. The molecule has 42 heavy (non-hydrogen) atoms. The molecule has 1 unspecified atom stereocenters. The van der Waals surface area contributed by atoms with Crippen molar-refractivity contribution in [2.24, 2.45) is 5.73 Å². The van der Waals surface area contributed by atoms with Crippen LogP contribution in [0.5, 0.6) is 5.75 Å². The molecule has 14 nitrogen and oxygen atoms in total. The molecule has 5 N–H and O–H groups in total. The molecule has 0 radical (unpaired) electrons. The number of primary amides is 1. The lowest BCUT2D eigenvalue weighted by molar-refractivity contribution is -0.143. The first kappa shape index (κ1) is 29.3. The van der Waals surface area contributed by atoms with Gasteiger partial charge in [-0.25, -0.2) is 19.3 Å². The molecule has 3 aromatic carbocycles. The van der Waals surface area contributed by atoms with Crippen LogP contribution in [0.15, 0.2) is 79.1 Å². The first-order chi connectivity index (χ1) is 20.2. The summed E-state index contributed by atoms with van der Waals surface area (Å²) in [4.78, 5) is 27.5. The zero-order valence-corrected chi connectivity index (χ0v) is 22.9. The van der Waals surface area contributed by atoms with Gasteiger partial charge in [-0.1, -0.05) is 66.7 Å². The topological polar surface area (TPSA) is 197 Å². The minimum atomic E-state index is -4.31. The second kappa shape index (κ2) is 12.8. The lowest BCUT2D eigenvalue weighted by atomic mass is 10.1. The Bertz CT molecular complexity index is 1600. The van der Waals surface area contributed by atoms with Crippen LogP contribution >= 0.6 is 7.75 Å². The Morgan fingerprint density at radius 1 is 1.02 bits per heavy atom. The number of nitrogens with two attached hydrogens (primary N) is 1. The number of esters is 1. The molecule has 0 aliphatic carbocycles. The summed E-state index contributed by atoms with van der Waals surface area (Å²) in [5, 5.41) is 28.9. The van der Waals surface area contributed by atoms with E-state index in [0.717, 1.165) is 22.0 Å². The summed E-state index contributed by atoms with van der Waals surface area (Å²) >= 11 is 0. The van der Waals surface area contributed by atoms with Gasteiger partial charge in [-0.3, -0.25) is 14.1 Å². The van der Waals surface area contributed by atoms with Crippen molar-refractivity contribution >= 4 is 30.4 Å². The number of fused-ring (bicyclic) bond motifs is 1. The summed E-state index contributed by atoms with van der Waals surface area (Å²) in [6.45, 7) is -1.04. The van der Waals surface area contributed by atoms with Gasteiger partial charge in [0.1, 0.15) is 43.5 Å². The van der Waals surface area contributed by atoms with Crippen LogP contribution in [0.2, 0.25) is 0 Å². The van der Waals surface area contributed by atoms with Gasteiger partial charge < -0.3 is 29.9 Å². The Hall–Kier alpha value is -4.17.